The van der Waals surface area contributed by atoms with Crippen LogP contribution in [0.2, 0.25) is 0 Å². The molecule has 3 unspecified atom stereocenters. The molecule has 0 radical (unpaired) electrons. The van der Waals surface area contributed by atoms with Crippen LogP contribution >= 0.6 is 0 Å². The molecule has 0 aromatic heterocycles. The van der Waals surface area contributed by atoms with Gasteiger partial charge < -0.3 is 19.5 Å². The van der Waals surface area contributed by atoms with Gasteiger partial charge in [0.15, 0.2) is 0 Å². The van der Waals surface area contributed by atoms with Crippen LogP contribution in [0.1, 0.15) is 20.8 Å². The Hall–Kier alpha value is -1.30. The first-order valence-corrected chi connectivity index (χ1v) is 6.10. The summed E-state index contributed by atoms with van der Waals surface area (Å²) in [5.74, 6) is -1.54. The van der Waals surface area contributed by atoms with Gasteiger partial charge in [0.25, 0.3) is 0 Å². The molecule has 0 bridgehead atoms. The molecule has 0 aromatic rings. The Morgan fingerprint density at radius 3 is 2.56 bits per heavy atom. The Labute approximate surface area is 106 Å². The van der Waals surface area contributed by atoms with Crippen molar-refractivity contribution in [3.05, 3.63) is 0 Å². The molecule has 0 spiro atoms. The summed E-state index contributed by atoms with van der Waals surface area (Å²) < 4.78 is 10.6. The summed E-state index contributed by atoms with van der Waals surface area (Å²) in [6.07, 6.45) is -0.452. The van der Waals surface area contributed by atoms with E-state index < -0.39 is 23.6 Å². The zero-order chi connectivity index (χ0) is 13.5. The highest BCUT2D eigenvalue weighted by Gasteiger charge is 2.51. The van der Waals surface area contributed by atoms with Crippen molar-refractivity contribution in [2.75, 3.05) is 19.8 Å². The number of hydrogen-bond donors (Lipinski definition) is 1. The maximum Gasteiger partial charge on any atom is 0.410 e. The lowest BCUT2D eigenvalue weighted by Gasteiger charge is -2.27. The van der Waals surface area contributed by atoms with E-state index in [0.717, 1.165) is 0 Å². The quantitative estimate of drug-likeness (QED) is 0.757. The van der Waals surface area contributed by atoms with Gasteiger partial charge in [-0.05, 0) is 20.8 Å². The molecule has 6 heteroatoms. The predicted octanol–water partition coefficient (Wildman–Crippen LogP) is 0.953. The Morgan fingerprint density at radius 2 is 2.00 bits per heavy atom. The molecule has 2 aliphatic heterocycles. The lowest BCUT2D eigenvalue weighted by molar-refractivity contribution is -0.142. The van der Waals surface area contributed by atoms with Crippen LogP contribution in [0.25, 0.3) is 0 Å². The van der Waals surface area contributed by atoms with Crippen molar-refractivity contribution in [1.29, 1.82) is 0 Å². The van der Waals surface area contributed by atoms with Gasteiger partial charge in [-0.3, -0.25) is 4.79 Å². The number of rotatable bonds is 1. The van der Waals surface area contributed by atoms with E-state index in [2.05, 4.69) is 0 Å². The van der Waals surface area contributed by atoms with Crippen LogP contribution in [0.3, 0.4) is 0 Å². The molecule has 3 atom stereocenters. The lowest BCUT2D eigenvalue weighted by atomic mass is 9.93. The lowest BCUT2D eigenvalue weighted by Crippen LogP contribution is -2.41. The summed E-state index contributed by atoms with van der Waals surface area (Å²) in [5.41, 5.74) is -0.576. The summed E-state index contributed by atoms with van der Waals surface area (Å²) in [7, 11) is 0. The highest BCUT2D eigenvalue weighted by Crippen LogP contribution is 2.35. The Bertz CT molecular complexity index is 362. The summed E-state index contributed by atoms with van der Waals surface area (Å²) in [6, 6.07) is -0.166. The molecular weight excluding hydrogens is 238 g/mol. The molecule has 2 aliphatic rings. The number of carbonyl (C=O) groups is 2. The van der Waals surface area contributed by atoms with Crippen LogP contribution in [-0.2, 0) is 14.3 Å². The average molecular weight is 257 g/mol. The van der Waals surface area contributed by atoms with Crippen molar-refractivity contribution < 1.29 is 24.2 Å². The van der Waals surface area contributed by atoms with Crippen LogP contribution in [0, 0.1) is 11.8 Å². The third-order valence-corrected chi connectivity index (χ3v) is 3.35. The van der Waals surface area contributed by atoms with Gasteiger partial charge in [-0.25, -0.2) is 4.79 Å². The molecule has 1 amide bonds. The maximum atomic E-state index is 12.0. The number of likely N-dealkylation sites (tertiary alicyclic amines) is 1. The largest absolute Gasteiger partial charge is 0.481 e. The average Bonchev–Trinajstić information content (AvgIpc) is 2.72. The van der Waals surface area contributed by atoms with Gasteiger partial charge >= 0.3 is 12.1 Å². The first kappa shape index (κ1) is 13.1. The maximum absolute atomic E-state index is 12.0. The third-order valence-electron chi connectivity index (χ3n) is 3.35. The number of ether oxygens (including phenoxy) is 2. The van der Waals surface area contributed by atoms with Crippen LogP contribution in [0.4, 0.5) is 4.79 Å². The molecule has 1 N–H and O–H groups in total. The van der Waals surface area contributed by atoms with Crippen molar-refractivity contribution in [2.24, 2.45) is 11.8 Å². The Kier molecular flexibility index (Phi) is 3.23. The summed E-state index contributed by atoms with van der Waals surface area (Å²) in [5, 5.41) is 9.16. The Morgan fingerprint density at radius 1 is 1.33 bits per heavy atom. The highest BCUT2D eigenvalue weighted by atomic mass is 16.6. The van der Waals surface area contributed by atoms with E-state index in [1.807, 2.05) is 0 Å². The molecule has 0 saturated carbocycles. The predicted molar refractivity (Wildman–Crippen MR) is 62.2 cm³/mol. The molecular formula is C12H19NO5. The number of fused-ring (bicyclic) bond motifs is 1. The summed E-state index contributed by atoms with van der Waals surface area (Å²) in [4.78, 5) is 24.7. The van der Waals surface area contributed by atoms with Crippen molar-refractivity contribution in [2.45, 2.75) is 32.4 Å². The fourth-order valence-corrected chi connectivity index (χ4v) is 2.54. The fourth-order valence-electron chi connectivity index (χ4n) is 2.54. The van der Waals surface area contributed by atoms with Crippen LogP contribution < -0.4 is 0 Å². The molecule has 18 heavy (non-hydrogen) atoms. The van der Waals surface area contributed by atoms with Gasteiger partial charge in [0.1, 0.15) is 5.60 Å². The third kappa shape index (κ3) is 2.43. The van der Waals surface area contributed by atoms with E-state index in [1.165, 1.54) is 4.90 Å². The molecule has 2 heterocycles. The smallest absolute Gasteiger partial charge is 0.410 e. The monoisotopic (exact) mass is 257 g/mol. The normalized spacial score (nSPS) is 31.3. The molecule has 2 saturated heterocycles. The first-order chi connectivity index (χ1) is 8.29. The number of nitrogens with zero attached hydrogens (tertiary/aromatic N) is 1. The molecule has 2 fully saturated rings. The van der Waals surface area contributed by atoms with E-state index in [4.69, 9.17) is 14.6 Å². The van der Waals surface area contributed by atoms with Crippen molar-refractivity contribution in [3.63, 3.8) is 0 Å². The van der Waals surface area contributed by atoms with Crippen molar-refractivity contribution in [1.82, 2.24) is 4.90 Å². The molecule has 102 valence electrons. The fraction of sp³-hybridized carbons (Fsp3) is 0.833. The number of carboxylic acids is 1. The second kappa shape index (κ2) is 4.42. The molecule has 2 rings (SSSR count). The van der Waals surface area contributed by atoms with Crippen molar-refractivity contribution in [3.8, 4) is 0 Å². The minimum Gasteiger partial charge on any atom is -0.481 e. The van der Waals surface area contributed by atoms with E-state index in [0.29, 0.717) is 13.2 Å². The van der Waals surface area contributed by atoms with Gasteiger partial charge in [-0.2, -0.15) is 0 Å². The van der Waals surface area contributed by atoms with E-state index in [1.54, 1.807) is 20.8 Å². The highest BCUT2D eigenvalue weighted by molar-refractivity contribution is 5.75. The van der Waals surface area contributed by atoms with Gasteiger partial charge in [0.05, 0.1) is 25.2 Å². The van der Waals surface area contributed by atoms with Crippen LogP contribution in [0.5, 0.6) is 0 Å². The number of carbonyl (C=O) groups excluding carboxylic acids is 1. The zero-order valence-electron chi connectivity index (χ0n) is 10.9. The number of carboxylic acid groups (broad SMARTS) is 1. The van der Waals surface area contributed by atoms with Gasteiger partial charge in [0, 0.05) is 12.5 Å². The zero-order valence-corrected chi connectivity index (χ0v) is 10.9. The molecule has 6 nitrogen and oxygen atoms in total. The minimum atomic E-state index is -0.874. The minimum absolute atomic E-state index is 0.116. The van der Waals surface area contributed by atoms with Gasteiger partial charge in [0.2, 0.25) is 0 Å². The SMILES string of the molecule is CC(C)(C)OC(=O)N1CC(C(=O)O)C2COCC21. The van der Waals surface area contributed by atoms with Crippen LogP contribution in [0.15, 0.2) is 0 Å². The number of amides is 1. The summed E-state index contributed by atoms with van der Waals surface area (Å²) in [6.45, 7) is 6.38. The van der Waals surface area contributed by atoms with E-state index >= 15 is 0 Å². The Balaban J connectivity index is 2.10. The first-order valence-electron chi connectivity index (χ1n) is 6.10. The second-order valence-electron chi connectivity index (χ2n) is 5.85. The van der Waals surface area contributed by atoms with E-state index in [-0.39, 0.29) is 18.5 Å². The van der Waals surface area contributed by atoms with Crippen molar-refractivity contribution >= 4 is 12.1 Å². The number of hydrogen-bond acceptors (Lipinski definition) is 4. The molecule has 0 aromatic carbocycles. The van der Waals surface area contributed by atoms with E-state index in [9.17, 15) is 9.59 Å². The van der Waals surface area contributed by atoms with Gasteiger partial charge in [-0.15, -0.1) is 0 Å². The topological polar surface area (TPSA) is 76.1 Å². The standard InChI is InChI=1S/C12H19NO5/c1-12(2,3)18-11(16)13-4-7(10(14)15)8-5-17-6-9(8)13/h7-9H,4-6H2,1-3H3,(H,14,15). The summed E-state index contributed by atoms with van der Waals surface area (Å²) >= 11 is 0. The second-order valence-corrected chi connectivity index (χ2v) is 5.85. The molecule has 0 aliphatic carbocycles. The van der Waals surface area contributed by atoms with Gasteiger partial charge in [-0.1, -0.05) is 0 Å². The number of aliphatic carboxylic acids is 1. The van der Waals surface area contributed by atoms with Crippen LogP contribution in [-0.4, -0.2) is 53.5 Å².